The number of carboxylic acids is 1. The molecule has 7 nitrogen and oxygen atoms in total. The van der Waals surface area contributed by atoms with Gasteiger partial charge in [0.05, 0.1) is 18.9 Å². The topological polar surface area (TPSA) is 93.7 Å². The standard InChI is InChI=1S/C19H22ClN3O4/c1-22(11-18(25)23-6-2-3-12(10-23)19(26)27)17(24)7-13-9-21-16-5-4-14(20)8-15(13)16/h4-5,8-9,12,21H,2-3,6-7,10-11H2,1H3,(H,26,27). The molecule has 2 aromatic rings. The number of carbonyl (C=O) groups excluding carboxylic acids is 2. The van der Waals surface area contributed by atoms with Crippen LogP contribution in [-0.2, 0) is 20.8 Å². The maximum atomic E-state index is 12.5. The van der Waals surface area contributed by atoms with Crippen molar-refractivity contribution in [2.45, 2.75) is 19.3 Å². The summed E-state index contributed by atoms with van der Waals surface area (Å²) in [6, 6.07) is 5.44. The number of carboxylic acid groups (broad SMARTS) is 1. The number of benzene rings is 1. The summed E-state index contributed by atoms with van der Waals surface area (Å²) >= 11 is 6.03. The number of nitrogens with zero attached hydrogens (tertiary/aromatic N) is 2. The van der Waals surface area contributed by atoms with E-state index in [0.717, 1.165) is 16.5 Å². The zero-order valence-corrected chi connectivity index (χ0v) is 15.8. The molecule has 0 saturated carbocycles. The number of aromatic nitrogens is 1. The Morgan fingerprint density at radius 2 is 2.15 bits per heavy atom. The molecule has 1 unspecified atom stereocenters. The zero-order valence-electron chi connectivity index (χ0n) is 15.1. The summed E-state index contributed by atoms with van der Waals surface area (Å²) < 4.78 is 0. The van der Waals surface area contributed by atoms with Gasteiger partial charge in [-0.3, -0.25) is 14.4 Å². The molecule has 3 rings (SSSR count). The van der Waals surface area contributed by atoms with Crippen molar-refractivity contribution < 1.29 is 19.5 Å². The molecule has 2 amide bonds. The summed E-state index contributed by atoms with van der Waals surface area (Å²) in [6.45, 7) is 0.678. The lowest BCUT2D eigenvalue weighted by Gasteiger charge is -2.32. The average molecular weight is 392 g/mol. The zero-order chi connectivity index (χ0) is 19.6. The van der Waals surface area contributed by atoms with Crippen LogP contribution in [0.4, 0.5) is 0 Å². The molecule has 1 saturated heterocycles. The van der Waals surface area contributed by atoms with Crippen molar-refractivity contribution in [2.24, 2.45) is 5.92 Å². The molecule has 1 aliphatic rings. The molecule has 1 fully saturated rings. The number of piperidine rings is 1. The Morgan fingerprint density at radius 1 is 1.37 bits per heavy atom. The molecule has 1 aliphatic heterocycles. The summed E-state index contributed by atoms with van der Waals surface area (Å²) in [7, 11) is 1.58. The third-order valence-corrected chi connectivity index (χ3v) is 5.23. The first-order valence-corrected chi connectivity index (χ1v) is 9.23. The summed E-state index contributed by atoms with van der Waals surface area (Å²) in [5.41, 5.74) is 1.72. The maximum absolute atomic E-state index is 12.5. The number of rotatable bonds is 5. The minimum atomic E-state index is -0.880. The highest BCUT2D eigenvalue weighted by molar-refractivity contribution is 6.31. The molecule has 1 aromatic heterocycles. The SMILES string of the molecule is CN(CC(=O)N1CCCC(C(=O)O)C1)C(=O)Cc1c[nH]c2ccc(Cl)cc12. The van der Waals surface area contributed by atoms with Gasteiger partial charge in [0.25, 0.3) is 0 Å². The van der Waals surface area contributed by atoms with Crippen molar-refractivity contribution in [1.82, 2.24) is 14.8 Å². The molecule has 0 radical (unpaired) electrons. The second-order valence-corrected chi connectivity index (χ2v) is 7.38. The van der Waals surface area contributed by atoms with Crippen molar-refractivity contribution in [3.05, 3.63) is 35.0 Å². The number of hydrogen-bond donors (Lipinski definition) is 2. The van der Waals surface area contributed by atoms with E-state index >= 15 is 0 Å². The fraction of sp³-hybridized carbons (Fsp3) is 0.421. The lowest BCUT2D eigenvalue weighted by Crippen LogP contribution is -2.47. The van der Waals surface area contributed by atoms with Crippen molar-refractivity contribution in [2.75, 3.05) is 26.7 Å². The normalized spacial score (nSPS) is 17.1. The maximum Gasteiger partial charge on any atom is 0.308 e. The van der Waals surface area contributed by atoms with E-state index < -0.39 is 11.9 Å². The smallest absolute Gasteiger partial charge is 0.308 e. The Kier molecular flexibility index (Phi) is 5.70. The van der Waals surface area contributed by atoms with Crippen LogP contribution in [-0.4, -0.2) is 64.4 Å². The number of hydrogen-bond acceptors (Lipinski definition) is 3. The lowest BCUT2D eigenvalue weighted by molar-refractivity contribution is -0.147. The van der Waals surface area contributed by atoms with Gasteiger partial charge in [-0.2, -0.15) is 0 Å². The van der Waals surface area contributed by atoms with Crippen molar-refractivity contribution in [3.63, 3.8) is 0 Å². The number of aromatic amines is 1. The van der Waals surface area contributed by atoms with E-state index in [1.54, 1.807) is 25.4 Å². The fourth-order valence-corrected chi connectivity index (χ4v) is 3.56. The van der Waals surface area contributed by atoms with Crippen LogP contribution in [0.25, 0.3) is 10.9 Å². The van der Waals surface area contributed by atoms with Crippen molar-refractivity contribution in [3.8, 4) is 0 Å². The quantitative estimate of drug-likeness (QED) is 0.816. The Balaban J connectivity index is 1.60. The first-order valence-electron chi connectivity index (χ1n) is 8.85. The fourth-order valence-electron chi connectivity index (χ4n) is 3.39. The molecule has 0 spiro atoms. The van der Waals surface area contributed by atoms with Gasteiger partial charge in [-0.1, -0.05) is 11.6 Å². The molecule has 27 heavy (non-hydrogen) atoms. The highest BCUT2D eigenvalue weighted by Gasteiger charge is 2.29. The first kappa shape index (κ1) is 19.2. The third-order valence-electron chi connectivity index (χ3n) is 4.99. The molecule has 0 bridgehead atoms. The van der Waals surface area contributed by atoms with E-state index in [1.807, 2.05) is 6.07 Å². The third kappa shape index (κ3) is 4.42. The van der Waals surface area contributed by atoms with Gasteiger partial charge in [0.1, 0.15) is 0 Å². The number of H-pyrrole nitrogens is 1. The molecule has 2 heterocycles. The van der Waals surface area contributed by atoms with Gasteiger partial charge in [0.2, 0.25) is 11.8 Å². The van der Waals surface area contributed by atoms with E-state index in [2.05, 4.69) is 4.98 Å². The van der Waals surface area contributed by atoms with Gasteiger partial charge in [-0.25, -0.2) is 0 Å². The van der Waals surface area contributed by atoms with Gasteiger partial charge >= 0.3 is 5.97 Å². The number of likely N-dealkylation sites (N-methyl/N-ethyl adjacent to an activating group) is 1. The van der Waals surface area contributed by atoms with E-state index in [4.69, 9.17) is 16.7 Å². The van der Waals surface area contributed by atoms with E-state index in [1.165, 1.54) is 9.80 Å². The van der Waals surface area contributed by atoms with Gasteiger partial charge in [-0.05, 0) is 36.6 Å². The predicted molar refractivity (Wildman–Crippen MR) is 102 cm³/mol. The second kappa shape index (κ2) is 8.00. The molecule has 1 atom stereocenters. The number of aliphatic carboxylic acids is 1. The van der Waals surface area contributed by atoms with Crippen LogP contribution in [0.3, 0.4) is 0 Å². The molecule has 8 heteroatoms. The molecule has 144 valence electrons. The van der Waals surface area contributed by atoms with Gasteiger partial charge in [0.15, 0.2) is 0 Å². The first-order chi connectivity index (χ1) is 12.8. The number of nitrogens with one attached hydrogen (secondary N) is 1. The Labute approximate surface area is 161 Å². The van der Waals surface area contributed by atoms with Crippen LogP contribution in [0.1, 0.15) is 18.4 Å². The Hall–Kier alpha value is -2.54. The average Bonchev–Trinajstić information content (AvgIpc) is 3.03. The summed E-state index contributed by atoms with van der Waals surface area (Å²) in [5.74, 6) is -1.82. The Morgan fingerprint density at radius 3 is 2.89 bits per heavy atom. The molecule has 1 aromatic carbocycles. The van der Waals surface area contributed by atoms with Crippen molar-refractivity contribution >= 4 is 40.3 Å². The van der Waals surface area contributed by atoms with E-state index in [0.29, 0.717) is 24.4 Å². The number of halogens is 1. The summed E-state index contributed by atoms with van der Waals surface area (Å²) in [6.07, 6.45) is 3.17. The minimum absolute atomic E-state index is 0.0612. The second-order valence-electron chi connectivity index (χ2n) is 6.95. The highest BCUT2D eigenvalue weighted by atomic mass is 35.5. The van der Waals surface area contributed by atoms with Gasteiger partial charge in [0, 0.05) is 42.3 Å². The van der Waals surface area contributed by atoms with E-state index in [-0.39, 0.29) is 31.3 Å². The van der Waals surface area contributed by atoms with Crippen LogP contribution in [0.2, 0.25) is 5.02 Å². The number of fused-ring (bicyclic) bond motifs is 1. The molecular formula is C19H22ClN3O4. The van der Waals surface area contributed by atoms with Crippen LogP contribution in [0.15, 0.2) is 24.4 Å². The van der Waals surface area contributed by atoms with Crippen LogP contribution < -0.4 is 0 Å². The molecule has 2 N–H and O–H groups in total. The summed E-state index contributed by atoms with van der Waals surface area (Å²) in [5, 5.41) is 10.6. The molecule has 0 aliphatic carbocycles. The van der Waals surface area contributed by atoms with Crippen molar-refractivity contribution in [1.29, 1.82) is 0 Å². The highest BCUT2D eigenvalue weighted by Crippen LogP contribution is 2.23. The minimum Gasteiger partial charge on any atom is -0.481 e. The monoisotopic (exact) mass is 391 g/mol. The van der Waals surface area contributed by atoms with Gasteiger partial charge in [-0.15, -0.1) is 0 Å². The number of carbonyl (C=O) groups is 3. The molecular weight excluding hydrogens is 370 g/mol. The van der Waals surface area contributed by atoms with Gasteiger partial charge < -0.3 is 19.9 Å². The number of amides is 2. The predicted octanol–water partition coefficient (Wildman–Crippen LogP) is 2.15. The van der Waals surface area contributed by atoms with E-state index in [9.17, 15) is 14.4 Å². The van der Waals surface area contributed by atoms with Crippen LogP contribution in [0.5, 0.6) is 0 Å². The largest absolute Gasteiger partial charge is 0.481 e. The van der Waals surface area contributed by atoms with Crippen LogP contribution in [0, 0.1) is 5.92 Å². The van der Waals surface area contributed by atoms with Crippen LogP contribution >= 0.6 is 11.6 Å². The Bertz CT molecular complexity index is 879. The lowest BCUT2D eigenvalue weighted by atomic mass is 9.98. The number of likely N-dealkylation sites (tertiary alicyclic amines) is 1. The summed E-state index contributed by atoms with van der Waals surface area (Å²) in [4.78, 5) is 42.2.